The van der Waals surface area contributed by atoms with Crippen molar-refractivity contribution < 1.29 is 9.47 Å². The number of ether oxygens (including phenoxy) is 2. The molecule has 2 aromatic heterocycles. The van der Waals surface area contributed by atoms with E-state index in [0.717, 1.165) is 24.0 Å². The van der Waals surface area contributed by atoms with E-state index in [1.54, 1.807) is 6.07 Å². The van der Waals surface area contributed by atoms with Gasteiger partial charge < -0.3 is 15.2 Å². The van der Waals surface area contributed by atoms with Crippen LogP contribution in [0.5, 0.6) is 5.88 Å². The lowest BCUT2D eigenvalue weighted by Gasteiger charge is -2.15. The Balaban J connectivity index is 1.48. The highest BCUT2D eigenvalue weighted by Crippen LogP contribution is 2.32. The predicted octanol–water partition coefficient (Wildman–Crippen LogP) is 4.91. The second-order valence-electron chi connectivity index (χ2n) is 8.67. The molecule has 2 heterocycles. The van der Waals surface area contributed by atoms with Gasteiger partial charge in [-0.05, 0) is 38.3 Å². The van der Waals surface area contributed by atoms with Crippen molar-refractivity contribution in [1.82, 2.24) is 19.7 Å². The number of aromatic nitrogens is 4. The molecule has 0 aliphatic heterocycles. The third-order valence-electron chi connectivity index (χ3n) is 5.53. The summed E-state index contributed by atoms with van der Waals surface area (Å²) in [6, 6.07) is 22.8. The van der Waals surface area contributed by atoms with Crippen molar-refractivity contribution in [3.8, 4) is 28.5 Å². The first kappa shape index (κ1) is 25.1. The van der Waals surface area contributed by atoms with Crippen LogP contribution in [0, 0.1) is 0 Å². The minimum Gasteiger partial charge on any atom is -0.475 e. The van der Waals surface area contributed by atoms with Crippen LogP contribution in [-0.2, 0) is 11.3 Å². The standard InChI is InChI=1S/C28H31N5O3/c1-20(2)33-24(34)16-15-23(32-33)26-25(22-13-7-4-8-14-22)30-27(29)28(31-26)36-18-10-9-17-35-19-21-11-5-3-6-12-21/h3-8,11-16,20H,9-10,17-19H2,1-2H3,(H2,29,30). The first-order valence-corrected chi connectivity index (χ1v) is 12.1. The Hall–Kier alpha value is -4.04. The maximum atomic E-state index is 12.3. The minimum absolute atomic E-state index is 0.0980. The van der Waals surface area contributed by atoms with Gasteiger partial charge in [0, 0.05) is 18.2 Å². The Morgan fingerprint density at radius 2 is 1.56 bits per heavy atom. The third-order valence-corrected chi connectivity index (χ3v) is 5.53. The van der Waals surface area contributed by atoms with Crippen molar-refractivity contribution in [3.05, 3.63) is 88.7 Å². The quantitative estimate of drug-likeness (QED) is 0.301. The average Bonchev–Trinajstić information content (AvgIpc) is 2.90. The summed E-state index contributed by atoms with van der Waals surface area (Å²) >= 11 is 0. The van der Waals surface area contributed by atoms with E-state index in [1.807, 2.05) is 74.5 Å². The fraction of sp³-hybridized carbons (Fsp3) is 0.286. The van der Waals surface area contributed by atoms with Crippen LogP contribution in [0.4, 0.5) is 5.82 Å². The molecule has 0 aliphatic carbocycles. The maximum Gasteiger partial charge on any atom is 0.267 e. The molecule has 0 amide bonds. The Bertz CT molecular complexity index is 1320. The largest absolute Gasteiger partial charge is 0.475 e. The molecule has 0 saturated heterocycles. The Morgan fingerprint density at radius 3 is 2.28 bits per heavy atom. The molecule has 2 N–H and O–H groups in total. The van der Waals surface area contributed by atoms with Gasteiger partial charge in [-0.15, -0.1) is 0 Å². The van der Waals surface area contributed by atoms with Gasteiger partial charge in [0.25, 0.3) is 11.4 Å². The van der Waals surface area contributed by atoms with E-state index in [2.05, 4.69) is 10.1 Å². The fourth-order valence-corrected chi connectivity index (χ4v) is 3.68. The molecule has 0 bridgehead atoms. The van der Waals surface area contributed by atoms with Crippen LogP contribution < -0.4 is 16.0 Å². The van der Waals surface area contributed by atoms with Crippen molar-refractivity contribution in [2.75, 3.05) is 18.9 Å². The lowest BCUT2D eigenvalue weighted by atomic mass is 10.1. The summed E-state index contributed by atoms with van der Waals surface area (Å²) in [5, 5.41) is 4.54. The lowest BCUT2D eigenvalue weighted by Crippen LogP contribution is -2.24. The molecule has 0 unspecified atom stereocenters. The van der Waals surface area contributed by atoms with Crippen molar-refractivity contribution in [2.45, 2.75) is 39.3 Å². The van der Waals surface area contributed by atoms with Gasteiger partial charge in [0.1, 0.15) is 17.1 Å². The first-order valence-electron chi connectivity index (χ1n) is 12.1. The van der Waals surface area contributed by atoms with Crippen molar-refractivity contribution in [2.24, 2.45) is 0 Å². The molecule has 8 nitrogen and oxygen atoms in total. The molecule has 0 aliphatic rings. The van der Waals surface area contributed by atoms with E-state index in [0.29, 0.717) is 36.9 Å². The van der Waals surface area contributed by atoms with Gasteiger partial charge in [0.05, 0.1) is 19.3 Å². The van der Waals surface area contributed by atoms with E-state index in [4.69, 9.17) is 20.2 Å². The third kappa shape index (κ3) is 6.34. The van der Waals surface area contributed by atoms with Gasteiger partial charge in [-0.25, -0.2) is 14.6 Å². The molecular weight excluding hydrogens is 454 g/mol. The zero-order valence-electron chi connectivity index (χ0n) is 20.6. The zero-order valence-corrected chi connectivity index (χ0v) is 20.6. The molecule has 0 fully saturated rings. The van der Waals surface area contributed by atoms with Gasteiger partial charge >= 0.3 is 0 Å². The lowest BCUT2D eigenvalue weighted by molar-refractivity contribution is 0.113. The number of rotatable bonds is 11. The van der Waals surface area contributed by atoms with Crippen molar-refractivity contribution >= 4 is 5.82 Å². The number of hydrogen-bond donors (Lipinski definition) is 1. The highest BCUT2D eigenvalue weighted by atomic mass is 16.5. The molecule has 4 rings (SSSR count). The molecule has 0 spiro atoms. The summed E-state index contributed by atoms with van der Waals surface area (Å²) < 4.78 is 13.1. The van der Waals surface area contributed by atoms with Gasteiger partial charge in [-0.3, -0.25) is 4.79 Å². The zero-order chi connectivity index (χ0) is 25.3. The Labute approximate surface area is 210 Å². The van der Waals surface area contributed by atoms with Crippen LogP contribution in [0.15, 0.2) is 77.6 Å². The van der Waals surface area contributed by atoms with E-state index < -0.39 is 0 Å². The molecule has 0 saturated carbocycles. The van der Waals surface area contributed by atoms with E-state index in [-0.39, 0.29) is 23.3 Å². The van der Waals surface area contributed by atoms with Gasteiger partial charge in [0.15, 0.2) is 5.82 Å². The number of benzene rings is 2. The second kappa shape index (κ2) is 12.1. The second-order valence-corrected chi connectivity index (χ2v) is 8.67. The number of hydrogen-bond acceptors (Lipinski definition) is 7. The molecule has 186 valence electrons. The summed E-state index contributed by atoms with van der Waals surface area (Å²) in [4.78, 5) is 21.6. The SMILES string of the molecule is CC(C)n1nc(-c2nc(OCCCCOCc3ccccc3)c(N)nc2-c2ccccc2)ccc1=O. The number of anilines is 1. The van der Waals surface area contributed by atoms with Crippen molar-refractivity contribution in [1.29, 1.82) is 0 Å². The highest BCUT2D eigenvalue weighted by Gasteiger charge is 2.18. The van der Waals surface area contributed by atoms with Crippen LogP contribution in [0.1, 0.15) is 38.3 Å². The molecule has 8 heteroatoms. The van der Waals surface area contributed by atoms with Gasteiger partial charge in [0.2, 0.25) is 0 Å². The van der Waals surface area contributed by atoms with Crippen molar-refractivity contribution in [3.63, 3.8) is 0 Å². The van der Waals surface area contributed by atoms with E-state index >= 15 is 0 Å². The van der Waals surface area contributed by atoms with Crippen LogP contribution in [0.2, 0.25) is 0 Å². The number of nitrogens with two attached hydrogens (primary N) is 1. The van der Waals surface area contributed by atoms with Crippen LogP contribution >= 0.6 is 0 Å². The van der Waals surface area contributed by atoms with E-state index in [1.165, 1.54) is 10.7 Å². The minimum atomic E-state index is -0.177. The van der Waals surface area contributed by atoms with Crippen LogP contribution in [0.3, 0.4) is 0 Å². The summed E-state index contributed by atoms with van der Waals surface area (Å²) in [7, 11) is 0. The predicted molar refractivity (Wildman–Crippen MR) is 141 cm³/mol. The number of nitrogens with zero attached hydrogens (tertiary/aromatic N) is 4. The molecule has 36 heavy (non-hydrogen) atoms. The summed E-state index contributed by atoms with van der Waals surface area (Å²) in [6.07, 6.45) is 1.62. The summed E-state index contributed by atoms with van der Waals surface area (Å²) in [6.45, 7) is 5.47. The van der Waals surface area contributed by atoms with Crippen LogP contribution in [0.25, 0.3) is 22.6 Å². The molecule has 0 atom stereocenters. The Kier molecular flexibility index (Phi) is 8.41. The molecular formula is C28H31N5O3. The molecule has 0 radical (unpaired) electrons. The summed E-state index contributed by atoms with van der Waals surface area (Å²) in [5.41, 5.74) is 9.67. The number of nitrogen functional groups attached to an aromatic ring is 1. The van der Waals surface area contributed by atoms with Crippen LogP contribution in [-0.4, -0.2) is 33.0 Å². The Morgan fingerprint density at radius 1 is 0.861 bits per heavy atom. The normalized spacial score (nSPS) is 11.1. The maximum absolute atomic E-state index is 12.3. The van der Waals surface area contributed by atoms with E-state index in [9.17, 15) is 4.79 Å². The molecule has 2 aromatic carbocycles. The topological polar surface area (TPSA) is 105 Å². The first-order chi connectivity index (χ1) is 17.5. The average molecular weight is 486 g/mol. The highest BCUT2D eigenvalue weighted by molar-refractivity contribution is 5.77. The summed E-state index contributed by atoms with van der Waals surface area (Å²) in [5.74, 6) is 0.453. The number of unbranched alkanes of at least 4 members (excludes halogenated alkanes) is 1. The molecule has 4 aromatic rings. The smallest absolute Gasteiger partial charge is 0.267 e. The van der Waals surface area contributed by atoms with Gasteiger partial charge in [-0.2, -0.15) is 5.10 Å². The monoisotopic (exact) mass is 485 g/mol. The fourth-order valence-electron chi connectivity index (χ4n) is 3.68. The van der Waals surface area contributed by atoms with Gasteiger partial charge in [-0.1, -0.05) is 60.7 Å².